The summed E-state index contributed by atoms with van der Waals surface area (Å²) in [6.45, 7) is 3.92. The van der Waals surface area contributed by atoms with E-state index in [9.17, 15) is 4.79 Å². The van der Waals surface area contributed by atoms with Crippen LogP contribution in [0, 0.1) is 5.41 Å². The van der Waals surface area contributed by atoms with Crippen molar-refractivity contribution >= 4 is 17.2 Å². The minimum absolute atomic E-state index is 0.287. The van der Waals surface area contributed by atoms with E-state index in [-0.39, 0.29) is 5.41 Å². The Labute approximate surface area is 89.3 Å². The number of para-hydroxylation sites is 1. The molecule has 1 heterocycles. The maximum Gasteiger partial charge on any atom is 0.125 e. The predicted octanol–water partition coefficient (Wildman–Crippen LogP) is 2.94. The Bertz CT molecular complexity index is 482. The normalized spacial score (nSPS) is 11.9. The maximum atomic E-state index is 10.9. The summed E-state index contributed by atoms with van der Waals surface area (Å²) in [7, 11) is 0. The number of aldehydes is 1. The Kier molecular flexibility index (Phi) is 2.35. The number of carbonyl (C=O) groups is 1. The number of rotatable bonds is 3. The SMILES string of the molecule is CC(C)(C=O)Cc1c[nH]c2ccccc12. The van der Waals surface area contributed by atoms with Gasteiger partial charge in [0, 0.05) is 22.5 Å². The third-order valence-corrected chi connectivity index (χ3v) is 2.64. The average Bonchev–Trinajstić information content (AvgIpc) is 2.62. The van der Waals surface area contributed by atoms with Crippen molar-refractivity contribution in [3.8, 4) is 0 Å². The summed E-state index contributed by atoms with van der Waals surface area (Å²) in [5.74, 6) is 0. The second kappa shape index (κ2) is 3.54. The lowest BCUT2D eigenvalue weighted by atomic mass is 9.87. The fourth-order valence-corrected chi connectivity index (χ4v) is 1.81. The van der Waals surface area contributed by atoms with Crippen molar-refractivity contribution in [2.75, 3.05) is 0 Å². The molecule has 0 saturated carbocycles. The second-order valence-electron chi connectivity index (χ2n) is 4.64. The van der Waals surface area contributed by atoms with Gasteiger partial charge in [0.25, 0.3) is 0 Å². The first-order valence-electron chi connectivity index (χ1n) is 5.14. The number of nitrogens with one attached hydrogen (secondary N) is 1. The van der Waals surface area contributed by atoms with Crippen molar-refractivity contribution < 1.29 is 4.79 Å². The van der Waals surface area contributed by atoms with Gasteiger partial charge in [-0.25, -0.2) is 0 Å². The van der Waals surface area contributed by atoms with Gasteiger partial charge < -0.3 is 9.78 Å². The zero-order chi connectivity index (χ0) is 10.9. The molecule has 1 N–H and O–H groups in total. The maximum absolute atomic E-state index is 10.9. The molecule has 2 heteroatoms. The van der Waals surface area contributed by atoms with Crippen LogP contribution in [0.4, 0.5) is 0 Å². The van der Waals surface area contributed by atoms with Crippen LogP contribution in [0.3, 0.4) is 0 Å². The van der Waals surface area contributed by atoms with Crippen LogP contribution in [0.5, 0.6) is 0 Å². The molecule has 78 valence electrons. The van der Waals surface area contributed by atoms with E-state index in [1.165, 1.54) is 10.9 Å². The first kappa shape index (κ1) is 9.97. The molecule has 0 unspecified atom stereocenters. The van der Waals surface area contributed by atoms with Gasteiger partial charge in [-0.05, 0) is 18.1 Å². The van der Waals surface area contributed by atoms with Crippen LogP contribution < -0.4 is 0 Å². The molecule has 0 aliphatic heterocycles. The van der Waals surface area contributed by atoms with Crippen molar-refractivity contribution in [3.63, 3.8) is 0 Å². The van der Waals surface area contributed by atoms with Gasteiger partial charge in [-0.2, -0.15) is 0 Å². The largest absolute Gasteiger partial charge is 0.361 e. The monoisotopic (exact) mass is 201 g/mol. The van der Waals surface area contributed by atoms with Crippen molar-refractivity contribution in [3.05, 3.63) is 36.0 Å². The van der Waals surface area contributed by atoms with Gasteiger partial charge in [-0.15, -0.1) is 0 Å². The molecule has 0 saturated heterocycles. The van der Waals surface area contributed by atoms with Gasteiger partial charge in [-0.3, -0.25) is 0 Å². The van der Waals surface area contributed by atoms with Gasteiger partial charge in [0.1, 0.15) is 6.29 Å². The topological polar surface area (TPSA) is 32.9 Å². The van der Waals surface area contributed by atoms with Gasteiger partial charge in [0.2, 0.25) is 0 Å². The molecule has 0 aliphatic carbocycles. The lowest BCUT2D eigenvalue weighted by molar-refractivity contribution is -0.114. The summed E-state index contributed by atoms with van der Waals surface area (Å²) in [6, 6.07) is 8.16. The summed E-state index contributed by atoms with van der Waals surface area (Å²) in [6.07, 6.45) is 3.80. The lowest BCUT2D eigenvalue weighted by Gasteiger charge is -2.15. The predicted molar refractivity (Wildman–Crippen MR) is 61.8 cm³/mol. The summed E-state index contributed by atoms with van der Waals surface area (Å²) >= 11 is 0. The van der Waals surface area contributed by atoms with E-state index < -0.39 is 0 Å². The zero-order valence-corrected chi connectivity index (χ0v) is 9.08. The Morgan fingerprint density at radius 1 is 1.33 bits per heavy atom. The Balaban J connectivity index is 2.41. The van der Waals surface area contributed by atoms with Crippen molar-refractivity contribution in [2.45, 2.75) is 20.3 Å². The van der Waals surface area contributed by atoms with Crippen molar-refractivity contribution in [1.29, 1.82) is 0 Å². The van der Waals surface area contributed by atoms with E-state index in [0.717, 1.165) is 18.2 Å². The standard InChI is InChI=1S/C13H15NO/c1-13(2,9-15)7-10-8-14-12-6-4-3-5-11(10)12/h3-6,8-9,14H,7H2,1-2H3. The fraction of sp³-hybridized carbons (Fsp3) is 0.308. The van der Waals surface area contributed by atoms with Crippen LogP contribution in [0.2, 0.25) is 0 Å². The molecular weight excluding hydrogens is 186 g/mol. The molecule has 0 aliphatic rings. The Morgan fingerprint density at radius 3 is 2.80 bits per heavy atom. The van der Waals surface area contributed by atoms with E-state index in [4.69, 9.17) is 0 Å². The molecule has 0 radical (unpaired) electrons. The van der Waals surface area contributed by atoms with E-state index in [2.05, 4.69) is 11.1 Å². The number of hydrogen-bond donors (Lipinski definition) is 1. The molecule has 1 aromatic heterocycles. The van der Waals surface area contributed by atoms with Crippen molar-refractivity contribution in [1.82, 2.24) is 4.98 Å². The summed E-state index contributed by atoms with van der Waals surface area (Å²) in [5.41, 5.74) is 2.06. The van der Waals surface area contributed by atoms with E-state index in [1.807, 2.05) is 38.2 Å². The molecule has 2 aromatic rings. The highest BCUT2D eigenvalue weighted by molar-refractivity contribution is 5.83. The number of benzene rings is 1. The molecule has 0 atom stereocenters. The van der Waals surface area contributed by atoms with Crippen LogP contribution in [0.1, 0.15) is 19.4 Å². The Morgan fingerprint density at radius 2 is 2.07 bits per heavy atom. The summed E-state index contributed by atoms with van der Waals surface area (Å²) in [4.78, 5) is 14.1. The van der Waals surface area contributed by atoms with Crippen LogP contribution in [-0.2, 0) is 11.2 Å². The van der Waals surface area contributed by atoms with Crippen LogP contribution in [0.15, 0.2) is 30.5 Å². The molecule has 0 fully saturated rings. The van der Waals surface area contributed by atoms with E-state index in [0.29, 0.717) is 0 Å². The van der Waals surface area contributed by atoms with Crippen LogP contribution >= 0.6 is 0 Å². The van der Waals surface area contributed by atoms with E-state index in [1.54, 1.807) is 0 Å². The molecule has 1 aromatic carbocycles. The minimum atomic E-state index is -0.287. The highest BCUT2D eigenvalue weighted by Gasteiger charge is 2.18. The fourth-order valence-electron chi connectivity index (χ4n) is 1.81. The first-order chi connectivity index (χ1) is 7.12. The molecule has 0 spiro atoms. The van der Waals surface area contributed by atoms with Gasteiger partial charge in [-0.1, -0.05) is 32.0 Å². The minimum Gasteiger partial charge on any atom is -0.361 e. The Hall–Kier alpha value is -1.57. The number of aromatic amines is 1. The summed E-state index contributed by atoms with van der Waals surface area (Å²) < 4.78 is 0. The molecule has 15 heavy (non-hydrogen) atoms. The molecule has 0 bridgehead atoms. The third-order valence-electron chi connectivity index (χ3n) is 2.64. The van der Waals surface area contributed by atoms with E-state index >= 15 is 0 Å². The van der Waals surface area contributed by atoms with Gasteiger partial charge >= 0.3 is 0 Å². The highest BCUT2D eigenvalue weighted by Crippen LogP contribution is 2.25. The number of aromatic nitrogens is 1. The molecule has 2 nitrogen and oxygen atoms in total. The van der Waals surface area contributed by atoms with Gasteiger partial charge in [0.05, 0.1) is 0 Å². The van der Waals surface area contributed by atoms with Crippen LogP contribution in [0.25, 0.3) is 10.9 Å². The lowest BCUT2D eigenvalue weighted by Crippen LogP contribution is -2.16. The van der Waals surface area contributed by atoms with Crippen LogP contribution in [-0.4, -0.2) is 11.3 Å². The molecule has 0 amide bonds. The smallest absolute Gasteiger partial charge is 0.125 e. The number of hydrogen-bond acceptors (Lipinski definition) is 1. The number of H-pyrrole nitrogens is 1. The quantitative estimate of drug-likeness (QED) is 0.761. The number of fused-ring (bicyclic) bond motifs is 1. The molecular formula is C13H15NO. The highest BCUT2D eigenvalue weighted by atomic mass is 16.1. The second-order valence-corrected chi connectivity index (χ2v) is 4.64. The number of carbonyl (C=O) groups excluding carboxylic acids is 1. The summed E-state index contributed by atoms with van der Waals surface area (Å²) in [5, 5.41) is 1.22. The van der Waals surface area contributed by atoms with Gasteiger partial charge in [0.15, 0.2) is 0 Å². The average molecular weight is 201 g/mol. The first-order valence-corrected chi connectivity index (χ1v) is 5.14. The molecule has 2 rings (SSSR count). The van der Waals surface area contributed by atoms with Crippen molar-refractivity contribution in [2.24, 2.45) is 5.41 Å². The third kappa shape index (κ3) is 1.94. The zero-order valence-electron chi connectivity index (χ0n) is 9.08.